The Morgan fingerprint density at radius 1 is 0.865 bits per heavy atom. The molecule has 0 aliphatic carbocycles. The van der Waals surface area contributed by atoms with Crippen molar-refractivity contribution in [2.45, 2.75) is 26.5 Å². The van der Waals surface area contributed by atoms with E-state index in [0.29, 0.717) is 12.3 Å². The molecule has 9 heteroatoms. The maximum Gasteiger partial charge on any atom is 0.124 e. The van der Waals surface area contributed by atoms with Crippen molar-refractivity contribution in [1.29, 1.82) is 0 Å². The molecule has 0 spiro atoms. The van der Waals surface area contributed by atoms with Crippen LogP contribution in [0.1, 0.15) is 20.3 Å². The number of nitrogens with zero attached hydrogens (tertiary/aromatic N) is 5. The minimum atomic E-state index is -0.638. The molecule has 6 rings (SSSR count). The quantitative estimate of drug-likeness (QED) is 0.221. The maximum absolute atomic E-state index is 10.3. The van der Waals surface area contributed by atoms with Crippen molar-refractivity contribution in [3.8, 4) is 34.0 Å². The minimum Gasteiger partial charge on any atom is -0.374 e. The van der Waals surface area contributed by atoms with Gasteiger partial charge in [0.15, 0.2) is 0 Å². The molecule has 6 heterocycles. The van der Waals surface area contributed by atoms with Gasteiger partial charge in [-0.05, 0) is 48.7 Å². The molecular formula is C28H26N8O. The summed E-state index contributed by atoms with van der Waals surface area (Å²) in [5.74, 6) is 0.377. The first-order valence-corrected chi connectivity index (χ1v) is 12.2. The van der Waals surface area contributed by atoms with E-state index >= 15 is 0 Å². The van der Waals surface area contributed by atoms with Gasteiger partial charge in [0.25, 0.3) is 0 Å². The van der Waals surface area contributed by atoms with Crippen LogP contribution in [0.15, 0.2) is 73.4 Å². The largest absolute Gasteiger partial charge is 0.374 e. The number of fused-ring (bicyclic) bond motifs is 2. The van der Waals surface area contributed by atoms with E-state index in [1.54, 1.807) is 31.0 Å². The third-order valence-electron chi connectivity index (χ3n) is 6.22. The highest BCUT2D eigenvalue weighted by atomic mass is 16.3. The second kappa shape index (κ2) is 9.44. The Balaban J connectivity index is 1.38. The first-order valence-electron chi connectivity index (χ1n) is 12.2. The van der Waals surface area contributed by atoms with Crippen molar-refractivity contribution in [1.82, 2.24) is 35.1 Å². The molecule has 4 N–H and O–H groups in total. The molecule has 184 valence electrons. The summed E-state index contributed by atoms with van der Waals surface area (Å²) in [4.78, 5) is 21.5. The molecule has 0 radical (unpaired) electrons. The number of rotatable bonds is 7. The molecule has 0 amide bonds. The van der Waals surface area contributed by atoms with Gasteiger partial charge in [-0.2, -0.15) is 5.10 Å². The lowest BCUT2D eigenvalue weighted by atomic mass is 10.1. The molecule has 1 atom stereocenters. The summed E-state index contributed by atoms with van der Waals surface area (Å²) in [5.41, 5.74) is 7.42. The van der Waals surface area contributed by atoms with Crippen molar-refractivity contribution >= 4 is 27.5 Å². The molecule has 0 saturated carbocycles. The Hall–Kier alpha value is -4.63. The fraction of sp³-hybridized carbons (Fsp3) is 0.179. The fourth-order valence-electron chi connectivity index (χ4n) is 4.53. The van der Waals surface area contributed by atoms with Crippen LogP contribution in [0.25, 0.3) is 55.8 Å². The van der Waals surface area contributed by atoms with Crippen LogP contribution in [0, 0.1) is 5.92 Å². The normalized spacial score (nSPS) is 12.4. The molecule has 0 bridgehead atoms. The van der Waals surface area contributed by atoms with Crippen LogP contribution in [-0.2, 0) is 0 Å². The molecule has 6 aromatic heterocycles. The van der Waals surface area contributed by atoms with Crippen molar-refractivity contribution in [2.24, 2.45) is 5.92 Å². The molecule has 1 unspecified atom stereocenters. The van der Waals surface area contributed by atoms with E-state index in [1.165, 1.54) is 0 Å². The van der Waals surface area contributed by atoms with Crippen molar-refractivity contribution in [3.05, 3.63) is 73.4 Å². The highest BCUT2D eigenvalue weighted by molar-refractivity contribution is 6.00. The summed E-state index contributed by atoms with van der Waals surface area (Å²) in [5, 5.41) is 23.0. The summed E-state index contributed by atoms with van der Waals surface area (Å²) in [6.45, 7) is 4.15. The highest BCUT2D eigenvalue weighted by Gasteiger charge is 2.16. The van der Waals surface area contributed by atoms with Gasteiger partial charge in [-0.3, -0.25) is 25.0 Å². The zero-order valence-corrected chi connectivity index (χ0v) is 20.5. The molecule has 0 aliphatic heterocycles. The van der Waals surface area contributed by atoms with Crippen LogP contribution in [0.3, 0.4) is 0 Å². The third-order valence-corrected chi connectivity index (χ3v) is 6.22. The number of aliphatic hydroxyl groups is 1. The van der Waals surface area contributed by atoms with E-state index in [9.17, 15) is 5.11 Å². The van der Waals surface area contributed by atoms with E-state index in [0.717, 1.165) is 61.5 Å². The predicted molar refractivity (Wildman–Crippen MR) is 145 cm³/mol. The van der Waals surface area contributed by atoms with Gasteiger partial charge >= 0.3 is 0 Å². The molecule has 0 aromatic carbocycles. The van der Waals surface area contributed by atoms with Crippen LogP contribution >= 0.6 is 0 Å². The smallest absolute Gasteiger partial charge is 0.124 e. The van der Waals surface area contributed by atoms with E-state index in [-0.39, 0.29) is 0 Å². The van der Waals surface area contributed by atoms with E-state index in [4.69, 9.17) is 0 Å². The molecule has 0 aliphatic rings. The summed E-state index contributed by atoms with van der Waals surface area (Å²) in [7, 11) is 0. The van der Waals surface area contributed by atoms with Gasteiger partial charge < -0.3 is 15.4 Å². The van der Waals surface area contributed by atoms with Crippen LogP contribution in [0.5, 0.6) is 0 Å². The van der Waals surface area contributed by atoms with Crippen molar-refractivity contribution < 1.29 is 5.11 Å². The van der Waals surface area contributed by atoms with Gasteiger partial charge in [0, 0.05) is 40.4 Å². The maximum atomic E-state index is 10.3. The number of hydrogen-bond donors (Lipinski definition) is 4. The van der Waals surface area contributed by atoms with Gasteiger partial charge in [0.1, 0.15) is 11.9 Å². The number of anilines is 1. The number of aromatic amines is 2. The van der Waals surface area contributed by atoms with Crippen molar-refractivity contribution in [2.75, 3.05) is 5.32 Å². The molecule has 9 nitrogen and oxygen atoms in total. The summed E-state index contributed by atoms with van der Waals surface area (Å²) >= 11 is 0. The summed E-state index contributed by atoms with van der Waals surface area (Å²) in [6, 6.07) is 13.8. The van der Waals surface area contributed by atoms with Crippen LogP contribution in [-0.4, -0.2) is 46.5 Å². The Labute approximate surface area is 213 Å². The van der Waals surface area contributed by atoms with Crippen LogP contribution < -0.4 is 5.32 Å². The highest BCUT2D eigenvalue weighted by Crippen LogP contribution is 2.33. The number of aromatic nitrogens is 7. The zero-order valence-electron chi connectivity index (χ0n) is 20.5. The molecule has 6 aromatic rings. The molecule has 0 saturated heterocycles. The summed E-state index contributed by atoms with van der Waals surface area (Å²) in [6.07, 6.45) is 8.80. The second-order valence-electron chi connectivity index (χ2n) is 9.46. The van der Waals surface area contributed by atoms with E-state index in [1.807, 2.05) is 36.4 Å². The standard InChI is InChI=1S/C28H26N8O/c1-16(2)9-26(37)33-18-10-17(13-29-14-18)23-11-20-25(15-32-23)35-36-28(20)24-12-19-21(34-24)6-8-31-27(19)22-5-3-4-7-30-22/h3-8,10-16,26,33-34,37H,9H2,1-2H3,(H,35,36). The Morgan fingerprint density at radius 2 is 1.76 bits per heavy atom. The number of aliphatic hydroxyl groups excluding tert-OH is 1. The van der Waals surface area contributed by atoms with Gasteiger partial charge in [-0.25, -0.2) is 0 Å². The second-order valence-corrected chi connectivity index (χ2v) is 9.46. The number of nitrogens with one attached hydrogen (secondary N) is 3. The van der Waals surface area contributed by atoms with E-state index < -0.39 is 6.23 Å². The number of pyridine rings is 4. The van der Waals surface area contributed by atoms with E-state index in [2.05, 4.69) is 60.3 Å². The van der Waals surface area contributed by atoms with Crippen molar-refractivity contribution in [3.63, 3.8) is 0 Å². The average molecular weight is 491 g/mol. The lowest BCUT2D eigenvalue weighted by molar-refractivity contribution is 0.176. The zero-order chi connectivity index (χ0) is 25.4. The van der Waals surface area contributed by atoms with Gasteiger partial charge in [-0.15, -0.1) is 0 Å². The van der Waals surface area contributed by atoms with Gasteiger partial charge in [0.05, 0.1) is 46.4 Å². The first-order chi connectivity index (χ1) is 18.0. The van der Waals surface area contributed by atoms with Gasteiger partial charge in [-0.1, -0.05) is 19.9 Å². The Kier molecular flexibility index (Phi) is 5.82. The Morgan fingerprint density at radius 3 is 2.59 bits per heavy atom. The molecule has 37 heavy (non-hydrogen) atoms. The summed E-state index contributed by atoms with van der Waals surface area (Å²) < 4.78 is 0. The average Bonchev–Trinajstić information content (AvgIpc) is 3.52. The van der Waals surface area contributed by atoms with Crippen LogP contribution in [0.4, 0.5) is 5.69 Å². The molecule has 0 fully saturated rings. The lowest BCUT2D eigenvalue weighted by Crippen LogP contribution is -2.20. The topological polar surface area (TPSA) is 128 Å². The van der Waals surface area contributed by atoms with Gasteiger partial charge in [0.2, 0.25) is 0 Å². The first kappa shape index (κ1) is 22.8. The molecular weight excluding hydrogens is 464 g/mol. The SMILES string of the molecule is CC(C)CC(O)Nc1cncc(-c2cc3c(-c4cc5c(-c6ccccn6)nccc5[nH]4)n[nH]c3cn2)c1. The Bertz CT molecular complexity index is 1690. The number of H-pyrrole nitrogens is 2. The number of hydrogen-bond acceptors (Lipinski definition) is 7. The predicted octanol–water partition coefficient (Wildman–Crippen LogP) is 5.40. The fourth-order valence-corrected chi connectivity index (χ4v) is 4.53. The minimum absolute atomic E-state index is 0.377. The monoisotopic (exact) mass is 490 g/mol. The lowest BCUT2D eigenvalue weighted by Gasteiger charge is -2.16. The van der Waals surface area contributed by atoms with Crippen LogP contribution in [0.2, 0.25) is 0 Å². The third kappa shape index (κ3) is 4.52.